The van der Waals surface area contributed by atoms with Crippen molar-refractivity contribution >= 4 is 0 Å². The molecular formula is C10H22O4. The van der Waals surface area contributed by atoms with E-state index in [1.807, 2.05) is 13.8 Å². The molecule has 0 aliphatic rings. The summed E-state index contributed by atoms with van der Waals surface area (Å²) in [5.41, 5.74) is 0. The first-order valence-electron chi connectivity index (χ1n) is 4.99. The van der Waals surface area contributed by atoms with Gasteiger partial charge in [-0.25, -0.2) is 0 Å². The number of aliphatic hydroxyl groups excluding tert-OH is 2. The fourth-order valence-electron chi connectivity index (χ4n) is 1.36. The van der Waals surface area contributed by atoms with Gasteiger partial charge in [0.1, 0.15) is 6.10 Å². The van der Waals surface area contributed by atoms with Crippen molar-refractivity contribution in [1.82, 2.24) is 0 Å². The molecular weight excluding hydrogens is 184 g/mol. The Bertz CT molecular complexity index is 166. The summed E-state index contributed by atoms with van der Waals surface area (Å²) in [6, 6.07) is 0. The summed E-state index contributed by atoms with van der Waals surface area (Å²) in [6.07, 6.45) is -2.61. The van der Waals surface area contributed by atoms with Gasteiger partial charge in [-0.05, 0) is 11.8 Å². The largest absolute Gasteiger partial charge is 0.390 e. The maximum absolute atomic E-state index is 9.52. The number of aliphatic hydroxyl groups is 4. The summed E-state index contributed by atoms with van der Waals surface area (Å²) < 4.78 is 0. The van der Waals surface area contributed by atoms with Crippen molar-refractivity contribution in [3.05, 3.63) is 0 Å². The maximum atomic E-state index is 9.52. The molecule has 0 saturated carbocycles. The summed E-state index contributed by atoms with van der Waals surface area (Å²) in [7, 11) is 0. The minimum absolute atomic E-state index is 0.0396. The van der Waals surface area contributed by atoms with E-state index >= 15 is 0 Å². The van der Waals surface area contributed by atoms with Crippen molar-refractivity contribution in [3.8, 4) is 0 Å². The van der Waals surface area contributed by atoms with E-state index in [1.54, 1.807) is 13.8 Å². The molecule has 86 valence electrons. The average Bonchev–Trinajstić information content (AvgIpc) is 1.99. The first-order valence-corrected chi connectivity index (χ1v) is 4.99. The van der Waals surface area contributed by atoms with Gasteiger partial charge in [0.15, 0.2) is 5.79 Å². The lowest BCUT2D eigenvalue weighted by Crippen LogP contribution is -2.51. The van der Waals surface area contributed by atoms with Crippen molar-refractivity contribution in [2.24, 2.45) is 11.8 Å². The molecule has 14 heavy (non-hydrogen) atoms. The van der Waals surface area contributed by atoms with Crippen LogP contribution in [0, 0.1) is 11.8 Å². The highest BCUT2D eigenvalue weighted by Crippen LogP contribution is 2.22. The number of rotatable bonds is 5. The standard InChI is InChI=1S/C10H22O4/c1-6(2)5-10(13,14)9(12)8(11)7(3)4/h6-9,11-14H,5H2,1-4H3. The van der Waals surface area contributed by atoms with Gasteiger partial charge < -0.3 is 20.4 Å². The maximum Gasteiger partial charge on any atom is 0.192 e. The zero-order valence-electron chi connectivity index (χ0n) is 9.31. The summed E-state index contributed by atoms with van der Waals surface area (Å²) in [4.78, 5) is 0. The fraction of sp³-hybridized carbons (Fsp3) is 1.00. The van der Waals surface area contributed by atoms with Crippen LogP contribution in [-0.2, 0) is 0 Å². The minimum atomic E-state index is -2.21. The Balaban J connectivity index is 4.40. The van der Waals surface area contributed by atoms with E-state index in [2.05, 4.69) is 0 Å². The zero-order chi connectivity index (χ0) is 11.5. The van der Waals surface area contributed by atoms with Crippen LogP contribution in [0.2, 0.25) is 0 Å². The first kappa shape index (κ1) is 13.8. The second-order valence-electron chi connectivity index (χ2n) is 4.66. The van der Waals surface area contributed by atoms with E-state index in [0.29, 0.717) is 0 Å². The highest BCUT2D eigenvalue weighted by atomic mass is 16.5. The molecule has 2 unspecified atom stereocenters. The minimum Gasteiger partial charge on any atom is -0.390 e. The van der Waals surface area contributed by atoms with Gasteiger partial charge in [0, 0.05) is 6.42 Å². The highest BCUT2D eigenvalue weighted by molar-refractivity contribution is 4.83. The summed E-state index contributed by atoms with van der Waals surface area (Å²) in [5.74, 6) is -2.38. The first-order chi connectivity index (χ1) is 6.18. The molecule has 4 N–H and O–H groups in total. The van der Waals surface area contributed by atoms with Crippen LogP contribution in [0.1, 0.15) is 34.1 Å². The van der Waals surface area contributed by atoms with Gasteiger partial charge in [-0.1, -0.05) is 27.7 Å². The van der Waals surface area contributed by atoms with Crippen LogP contribution in [0.25, 0.3) is 0 Å². The van der Waals surface area contributed by atoms with Crippen molar-refractivity contribution in [2.45, 2.75) is 52.1 Å². The van der Waals surface area contributed by atoms with E-state index in [-0.39, 0.29) is 18.3 Å². The van der Waals surface area contributed by atoms with Gasteiger partial charge in [0.05, 0.1) is 6.10 Å². The summed E-state index contributed by atoms with van der Waals surface area (Å²) >= 11 is 0. The molecule has 0 aliphatic heterocycles. The van der Waals surface area contributed by atoms with Gasteiger partial charge in [0.2, 0.25) is 0 Å². The molecule has 0 radical (unpaired) electrons. The lowest BCUT2D eigenvalue weighted by atomic mass is 9.90. The molecule has 0 heterocycles. The predicted molar refractivity (Wildman–Crippen MR) is 53.5 cm³/mol. The summed E-state index contributed by atoms with van der Waals surface area (Å²) in [5, 5.41) is 38.0. The van der Waals surface area contributed by atoms with Crippen LogP contribution in [-0.4, -0.2) is 38.4 Å². The van der Waals surface area contributed by atoms with Gasteiger partial charge in [-0.2, -0.15) is 0 Å². The SMILES string of the molecule is CC(C)CC(O)(O)C(O)C(O)C(C)C. The molecule has 0 amide bonds. The Labute approximate surface area is 85.2 Å². The van der Waals surface area contributed by atoms with Gasteiger partial charge in [0.25, 0.3) is 0 Å². The van der Waals surface area contributed by atoms with E-state index in [0.717, 1.165) is 0 Å². The van der Waals surface area contributed by atoms with Crippen LogP contribution in [0.15, 0.2) is 0 Å². The smallest absolute Gasteiger partial charge is 0.192 e. The van der Waals surface area contributed by atoms with Crippen LogP contribution in [0.4, 0.5) is 0 Å². The Morgan fingerprint density at radius 3 is 1.71 bits per heavy atom. The number of hydrogen-bond acceptors (Lipinski definition) is 4. The molecule has 0 bridgehead atoms. The quantitative estimate of drug-likeness (QED) is 0.481. The Kier molecular flexibility index (Phi) is 5.01. The average molecular weight is 206 g/mol. The second-order valence-corrected chi connectivity index (χ2v) is 4.66. The van der Waals surface area contributed by atoms with Crippen molar-refractivity contribution in [2.75, 3.05) is 0 Å². The zero-order valence-corrected chi connectivity index (χ0v) is 9.31. The Hall–Kier alpha value is -0.160. The third kappa shape index (κ3) is 3.92. The molecule has 0 fully saturated rings. The second kappa shape index (κ2) is 5.07. The third-order valence-electron chi connectivity index (χ3n) is 2.19. The monoisotopic (exact) mass is 206 g/mol. The molecule has 0 saturated heterocycles. The molecule has 0 aromatic carbocycles. The van der Waals surface area contributed by atoms with Crippen molar-refractivity contribution < 1.29 is 20.4 Å². The van der Waals surface area contributed by atoms with Crippen LogP contribution >= 0.6 is 0 Å². The van der Waals surface area contributed by atoms with Crippen LogP contribution in [0.3, 0.4) is 0 Å². The van der Waals surface area contributed by atoms with E-state index in [4.69, 9.17) is 0 Å². The van der Waals surface area contributed by atoms with Crippen molar-refractivity contribution in [1.29, 1.82) is 0 Å². The Morgan fingerprint density at radius 1 is 1.00 bits per heavy atom. The van der Waals surface area contributed by atoms with E-state index in [9.17, 15) is 20.4 Å². The molecule has 0 aromatic heterocycles. The topological polar surface area (TPSA) is 80.9 Å². The van der Waals surface area contributed by atoms with E-state index in [1.165, 1.54) is 0 Å². The third-order valence-corrected chi connectivity index (χ3v) is 2.19. The molecule has 4 nitrogen and oxygen atoms in total. The summed E-state index contributed by atoms with van der Waals surface area (Å²) in [6.45, 7) is 7.05. The fourth-order valence-corrected chi connectivity index (χ4v) is 1.36. The van der Waals surface area contributed by atoms with Crippen LogP contribution < -0.4 is 0 Å². The van der Waals surface area contributed by atoms with Gasteiger partial charge in [-0.15, -0.1) is 0 Å². The van der Waals surface area contributed by atoms with Crippen molar-refractivity contribution in [3.63, 3.8) is 0 Å². The van der Waals surface area contributed by atoms with Gasteiger partial charge in [-0.3, -0.25) is 0 Å². The lowest BCUT2D eigenvalue weighted by Gasteiger charge is -2.33. The molecule has 0 aliphatic carbocycles. The molecule has 2 atom stereocenters. The van der Waals surface area contributed by atoms with E-state index < -0.39 is 18.0 Å². The molecule has 0 rings (SSSR count). The predicted octanol–water partition coefficient (Wildman–Crippen LogP) is 0.0912. The highest BCUT2D eigenvalue weighted by Gasteiger charge is 2.39. The molecule has 0 spiro atoms. The Morgan fingerprint density at radius 2 is 1.43 bits per heavy atom. The number of hydrogen-bond donors (Lipinski definition) is 4. The normalized spacial score (nSPS) is 17.6. The molecule has 4 heteroatoms. The molecule has 0 aromatic rings. The van der Waals surface area contributed by atoms with Gasteiger partial charge >= 0.3 is 0 Å². The van der Waals surface area contributed by atoms with Crippen LogP contribution in [0.5, 0.6) is 0 Å². The lowest BCUT2D eigenvalue weighted by molar-refractivity contribution is -0.258.